The van der Waals surface area contributed by atoms with E-state index in [1.54, 1.807) is 20.3 Å². The Morgan fingerprint density at radius 1 is 0.709 bits per heavy atom. The highest BCUT2D eigenvalue weighted by atomic mass is 28.4. The van der Waals surface area contributed by atoms with Crippen molar-refractivity contribution in [2.45, 2.75) is 83.0 Å². The van der Waals surface area contributed by atoms with Gasteiger partial charge >= 0.3 is 5.97 Å². The summed E-state index contributed by atoms with van der Waals surface area (Å²) in [5, 5.41) is 2.03. The number of hydrogen-bond acceptors (Lipinski definition) is 7. The Bertz CT molecular complexity index is 1710. The zero-order valence-electron chi connectivity index (χ0n) is 33.2. The molecule has 0 aliphatic heterocycles. The van der Waals surface area contributed by atoms with Crippen LogP contribution in [0.15, 0.2) is 147 Å². The molecule has 0 heterocycles. The highest BCUT2D eigenvalue weighted by Gasteiger charge is 2.50. The van der Waals surface area contributed by atoms with Crippen LogP contribution in [0.3, 0.4) is 0 Å². The summed E-state index contributed by atoms with van der Waals surface area (Å²) in [6.07, 6.45) is 8.51. The molecule has 0 aliphatic rings. The van der Waals surface area contributed by atoms with Crippen molar-refractivity contribution < 1.29 is 32.9 Å². The van der Waals surface area contributed by atoms with Crippen molar-refractivity contribution in [2.75, 3.05) is 20.8 Å². The number of carbonyl (C=O) groups excluding carboxylic acids is 1. The smallest absolute Gasteiger partial charge is 0.306 e. The number of carbonyl (C=O) groups is 1. The number of unbranched alkanes of at least 4 members (excludes halogenated alkanes) is 1. The van der Waals surface area contributed by atoms with Crippen LogP contribution in [-0.4, -0.2) is 53.4 Å². The van der Waals surface area contributed by atoms with Crippen molar-refractivity contribution in [1.82, 2.24) is 0 Å². The number of allylic oxidation sites excluding steroid dienone is 1. The Balaban J connectivity index is 1.43. The number of hydrogen-bond donors (Lipinski definition) is 0. The van der Waals surface area contributed by atoms with Gasteiger partial charge in [-0.15, -0.1) is 13.2 Å². The van der Waals surface area contributed by atoms with E-state index in [0.717, 1.165) is 39.4 Å². The predicted molar refractivity (Wildman–Crippen MR) is 225 cm³/mol. The number of ether oxygens (including phenoxy) is 5. The molecule has 0 spiro atoms. The molecule has 0 unspecified atom stereocenters. The lowest BCUT2D eigenvalue weighted by atomic mass is 10.1. The van der Waals surface area contributed by atoms with E-state index in [4.69, 9.17) is 28.1 Å². The van der Waals surface area contributed by atoms with Gasteiger partial charge in [0.25, 0.3) is 8.32 Å². The molecule has 4 aromatic rings. The number of benzene rings is 4. The van der Waals surface area contributed by atoms with E-state index in [2.05, 4.69) is 94.6 Å². The Labute approximate surface area is 329 Å². The van der Waals surface area contributed by atoms with Crippen molar-refractivity contribution in [1.29, 1.82) is 0 Å². The van der Waals surface area contributed by atoms with Gasteiger partial charge in [0.1, 0.15) is 17.6 Å². The van der Waals surface area contributed by atoms with E-state index in [1.165, 1.54) is 0 Å². The van der Waals surface area contributed by atoms with Gasteiger partial charge in [-0.1, -0.05) is 130 Å². The summed E-state index contributed by atoms with van der Waals surface area (Å²) in [5.74, 6) is 1.27. The van der Waals surface area contributed by atoms with Gasteiger partial charge in [-0.2, -0.15) is 0 Å². The van der Waals surface area contributed by atoms with Gasteiger partial charge in [0, 0.05) is 6.42 Å². The molecule has 3 atom stereocenters. The molecule has 0 radical (unpaired) electrons. The highest BCUT2D eigenvalue weighted by Crippen LogP contribution is 2.37. The molecular weight excluding hydrogens is 705 g/mol. The molecule has 0 aromatic heterocycles. The van der Waals surface area contributed by atoms with Gasteiger partial charge < -0.3 is 28.1 Å². The van der Waals surface area contributed by atoms with Gasteiger partial charge in [0.15, 0.2) is 6.10 Å². The van der Waals surface area contributed by atoms with Gasteiger partial charge in [-0.3, -0.25) is 4.79 Å². The highest BCUT2D eigenvalue weighted by molar-refractivity contribution is 6.99. The minimum atomic E-state index is -2.93. The fourth-order valence-corrected chi connectivity index (χ4v) is 11.1. The molecule has 4 aromatic carbocycles. The topological polar surface area (TPSA) is 72.5 Å². The standard InChI is InChI=1S/C47H58O7Si/c1-8-39(51-34-37-26-30-40(49-6)31-27-37)20-14-10-11-19-25-46(48)54-45(44(9-2)52-35-38-28-32-41(50-7)33-29-38)36-53-55(47(3,4)5,42-21-15-12-16-22-42)43-23-17-13-18-24-43/h8-10,12-18,21-24,26-33,39,44-45H,1-2,11,19-20,25,34-36H2,3-7H3/b14-10-/t39-,44-,45+/m0/s1. The Morgan fingerprint density at radius 3 is 1.71 bits per heavy atom. The van der Waals surface area contributed by atoms with E-state index in [9.17, 15) is 4.79 Å². The SMILES string of the molecule is C=C[C@H](OCc1ccc(OC)cc1)[C@@H](CO[Si](c1ccccc1)(c1ccccc1)C(C)(C)C)OC(=O)CCC/C=C\C[C@H](C=C)OCc1ccc(OC)cc1. The second-order valence-electron chi connectivity index (χ2n) is 14.4. The summed E-state index contributed by atoms with van der Waals surface area (Å²) in [6, 6.07) is 36.4. The molecule has 0 bridgehead atoms. The molecule has 4 rings (SSSR count). The van der Waals surface area contributed by atoms with Crippen molar-refractivity contribution >= 4 is 24.7 Å². The number of rotatable bonds is 23. The van der Waals surface area contributed by atoms with Gasteiger partial charge in [0.2, 0.25) is 0 Å². The monoisotopic (exact) mass is 762 g/mol. The largest absolute Gasteiger partial charge is 0.497 e. The van der Waals surface area contributed by atoms with Crippen LogP contribution in [0, 0.1) is 0 Å². The summed E-state index contributed by atoms with van der Waals surface area (Å²) in [7, 11) is 0.362. The first-order chi connectivity index (χ1) is 26.6. The molecule has 7 nitrogen and oxygen atoms in total. The normalized spacial score (nSPS) is 13.5. The lowest BCUT2D eigenvalue weighted by Crippen LogP contribution is -2.67. The minimum Gasteiger partial charge on any atom is -0.497 e. The lowest BCUT2D eigenvalue weighted by Gasteiger charge is -2.44. The van der Waals surface area contributed by atoms with E-state index in [1.807, 2.05) is 66.7 Å². The molecule has 0 fully saturated rings. The first-order valence-electron chi connectivity index (χ1n) is 19.0. The maximum Gasteiger partial charge on any atom is 0.306 e. The molecule has 0 saturated carbocycles. The van der Waals surface area contributed by atoms with Gasteiger partial charge in [0.05, 0.1) is 40.1 Å². The average Bonchev–Trinajstić information content (AvgIpc) is 3.21. The maximum atomic E-state index is 13.5. The second kappa shape index (κ2) is 22.0. The predicted octanol–water partition coefficient (Wildman–Crippen LogP) is 9.15. The average molecular weight is 763 g/mol. The molecule has 0 saturated heterocycles. The Kier molecular flexibility index (Phi) is 17.2. The van der Waals surface area contributed by atoms with Gasteiger partial charge in [-0.05, 0) is 70.1 Å². The van der Waals surface area contributed by atoms with Crippen molar-refractivity contribution in [3.63, 3.8) is 0 Å². The van der Waals surface area contributed by atoms with E-state index in [0.29, 0.717) is 26.1 Å². The Hall–Kier alpha value is -4.73. The fraction of sp³-hybridized carbons (Fsp3) is 0.340. The molecule has 55 heavy (non-hydrogen) atoms. The molecule has 8 heteroatoms. The van der Waals surface area contributed by atoms with E-state index >= 15 is 0 Å². The summed E-state index contributed by atoms with van der Waals surface area (Å²) in [5.41, 5.74) is 2.03. The summed E-state index contributed by atoms with van der Waals surface area (Å²) in [4.78, 5) is 13.5. The molecule has 0 amide bonds. The molecule has 292 valence electrons. The van der Waals surface area contributed by atoms with Crippen LogP contribution in [0.1, 0.15) is 57.6 Å². The third-order valence-corrected chi connectivity index (χ3v) is 14.5. The first kappa shape index (κ1) is 43.0. The third kappa shape index (κ3) is 12.7. The molecular formula is C47H58O7Si. The van der Waals surface area contributed by atoms with Crippen molar-refractivity contribution in [3.05, 3.63) is 158 Å². The minimum absolute atomic E-state index is 0.117. The van der Waals surface area contributed by atoms with Crippen LogP contribution in [0.25, 0.3) is 0 Å². The van der Waals surface area contributed by atoms with Crippen molar-refractivity contribution in [3.8, 4) is 11.5 Å². The lowest BCUT2D eigenvalue weighted by molar-refractivity contribution is -0.158. The number of methoxy groups -OCH3 is 2. The quantitative estimate of drug-likeness (QED) is 0.0323. The van der Waals surface area contributed by atoms with Crippen molar-refractivity contribution in [2.24, 2.45) is 0 Å². The zero-order valence-corrected chi connectivity index (χ0v) is 34.2. The second-order valence-corrected chi connectivity index (χ2v) is 18.7. The van der Waals surface area contributed by atoms with Crippen LogP contribution >= 0.6 is 0 Å². The first-order valence-corrected chi connectivity index (χ1v) is 20.9. The third-order valence-electron chi connectivity index (χ3n) is 9.54. The van der Waals surface area contributed by atoms with Crippen LogP contribution < -0.4 is 19.8 Å². The van der Waals surface area contributed by atoms with Crippen LogP contribution in [0.4, 0.5) is 0 Å². The summed E-state index contributed by atoms with van der Waals surface area (Å²) in [6.45, 7) is 15.6. The maximum absolute atomic E-state index is 13.5. The Morgan fingerprint density at radius 2 is 1.24 bits per heavy atom. The van der Waals surface area contributed by atoms with Gasteiger partial charge in [-0.25, -0.2) is 0 Å². The van der Waals surface area contributed by atoms with Crippen LogP contribution in [-0.2, 0) is 36.6 Å². The molecule has 0 aliphatic carbocycles. The summed E-state index contributed by atoms with van der Waals surface area (Å²) < 4.78 is 36.4. The zero-order chi connectivity index (χ0) is 39.5. The molecule has 0 N–H and O–H groups in total. The summed E-state index contributed by atoms with van der Waals surface area (Å²) >= 11 is 0. The van der Waals surface area contributed by atoms with E-state index in [-0.39, 0.29) is 30.1 Å². The fourth-order valence-electron chi connectivity index (χ4n) is 6.50. The van der Waals surface area contributed by atoms with Crippen LogP contribution in [0.2, 0.25) is 5.04 Å². The van der Waals surface area contributed by atoms with E-state index < -0.39 is 20.5 Å². The number of esters is 1. The van der Waals surface area contributed by atoms with Crippen LogP contribution in [0.5, 0.6) is 11.5 Å².